The average molecular weight is 445 g/mol. The van der Waals surface area contributed by atoms with Crippen LogP contribution in [0.4, 0.5) is 26.3 Å². The fourth-order valence-electron chi connectivity index (χ4n) is 2.82. The summed E-state index contributed by atoms with van der Waals surface area (Å²) in [5.41, 5.74) is 0.0171. The summed E-state index contributed by atoms with van der Waals surface area (Å²) in [5, 5.41) is 3.03. The van der Waals surface area contributed by atoms with Crippen LogP contribution in [0.3, 0.4) is 0 Å². The molecule has 1 atom stereocenters. The molecule has 0 unspecified atom stereocenters. The maximum Gasteiger partial charge on any atom is 0.573 e. The number of nitrogens with one attached hydrogen (secondary N) is 1. The van der Waals surface area contributed by atoms with E-state index in [-0.39, 0.29) is 36.1 Å². The van der Waals surface area contributed by atoms with Gasteiger partial charge in [-0.25, -0.2) is 0 Å². The molecular formula is C15H20Cl2F6N2O2. The van der Waals surface area contributed by atoms with Crippen LogP contribution in [0, 0.1) is 0 Å². The van der Waals surface area contributed by atoms with Crippen LogP contribution in [0.1, 0.15) is 18.0 Å². The zero-order valence-corrected chi connectivity index (χ0v) is 15.8. The van der Waals surface area contributed by atoms with E-state index < -0.39 is 30.8 Å². The van der Waals surface area contributed by atoms with Crippen molar-refractivity contribution in [2.45, 2.75) is 25.0 Å². The van der Waals surface area contributed by atoms with Crippen LogP contribution in [0.25, 0.3) is 0 Å². The zero-order valence-electron chi connectivity index (χ0n) is 14.2. The maximum atomic E-state index is 13.1. The maximum absolute atomic E-state index is 13.1. The normalized spacial score (nSPS) is 16.7. The van der Waals surface area contributed by atoms with Crippen LogP contribution in [-0.2, 0) is 0 Å². The monoisotopic (exact) mass is 444 g/mol. The molecule has 158 valence electrons. The van der Waals surface area contributed by atoms with Gasteiger partial charge in [0.25, 0.3) is 0 Å². The number of halogens is 8. The molecule has 1 aliphatic rings. The number of alkyl halides is 6. The molecule has 1 aliphatic heterocycles. The molecule has 12 heteroatoms. The molecule has 0 radical (unpaired) electrons. The Morgan fingerprint density at radius 1 is 1.07 bits per heavy atom. The largest absolute Gasteiger partial charge is 0.573 e. The second-order valence-corrected chi connectivity index (χ2v) is 5.57. The van der Waals surface area contributed by atoms with Crippen molar-refractivity contribution in [2.24, 2.45) is 0 Å². The van der Waals surface area contributed by atoms with E-state index in [1.54, 1.807) is 4.90 Å². The first-order valence-electron chi connectivity index (χ1n) is 7.54. The number of hydrogen-bond acceptors (Lipinski definition) is 4. The van der Waals surface area contributed by atoms with Crippen molar-refractivity contribution in [3.63, 3.8) is 0 Å². The zero-order chi connectivity index (χ0) is 18.7. The van der Waals surface area contributed by atoms with Crippen molar-refractivity contribution in [3.8, 4) is 11.5 Å². The van der Waals surface area contributed by atoms with E-state index in [1.165, 1.54) is 13.2 Å². The SMILES string of the molecule is COc1ccc(OC(F)(F)F)cc1[C@H](CC(F)(F)F)N1CCNCC1.Cl.Cl. The molecule has 0 bridgehead atoms. The van der Waals surface area contributed by atoms with Gasteiger partial charge in [0.2, 0.25) is 0 Å². The minimum atomic E-state index is -4.93. The Labute approximate surface area is 165 Å². The van der Waals surface area contributed by atoms with Crippen LogP contribution in [-0.4, -0.2) is 50.7 Å². The lowest BCUT2D eigenvalue weighted by molar-refractivity contribution is -0.274. The lowest BCUT2D eigenvalue weighted by Gasteiger charge is -2.36. The van der Waals surface area contributed by atoms with E-state index in [2.05, 4.69) is 10.1 Å². The summed E-state index contributed by atoms with van der Waals surface area (Å²) in [4.78, 5) is 1.58. The smallest absolute Gasteiger partial charge is 0.496 e. The number of piperazine rings is 1. The van der Waals surface area contributed by atoms with Crippen LogP contribution < -0.4 is 14.8 Å². The minimum Gasteiger partial charge on any atom is -0.496 e. The summed E-state index contributed by atoms with van der Waals surface area (Å²) in [7, 11) is 1.26. The third-order valence-corrected chi connectivity index (χ3v) is 3.81. The van der Waals surface area contributed by atoms with Crippen LogP contribution in [0.15, 0.2) is 18.2 Å². The Morgan fingerprint density at radius 2 is 1.67 bits per heavy atom. The molecule has 0 aromatic heterocycles. The predicted molar refractivity (Wildman–Crippen MR) is 92.0 cm³/mol. The van der Waals surface area contributed by atoms with Crippen LogP contribution in [0.5, 0.6) is 11.5 Å². The van der Waals surface area contributed by atoms with Crippen molar-refractivity contribution in [2.75, 3.05) is 33.3 Å². The molecule has 1 heterocycles. The molecule has 1 N–H and O–H groups in total. The Kier molecular flexibility index (Phi) is 10.0. The highest BCUT2D eigenvalue weighted by Crippen LogP contribution is 2.40. The fraction of sp³-hybridized carbons (Fsp3) is 0.600. The second-order valence-electron chi connectivity index (χ2n) is 5.57. The number of rotatable bonds is 5. The van der Waals surface area contributed by atoms with Crippen molar-refractivity contribution in [1.82, 2.24) is 10.2 Å². The van der Waals surface area contributed by atoms with E-state index in [0.29, 0.717) is 26.2 Å². The average Bonchev–Trinajstić information content (AvgIpc) is 2.51. The Hall–Kier alpha value is -1.10. The number of hydrogen-bond donors (Lipinski definition) is 1. The van der Waals surface area contributed by atoms with Gasteiger partial charge in [-0.3, -0.25) is 4.90 Å². The quantitative estimate of drug-likeness (QED) is 0.685. The molecular weight excluding hydrogens is 425 g/mol. The Balaban J connectivity index is 0.00000338. The van der Waals surface area contributed by atoms with E-state index in [4.69, 9.17) is 4.74 Å². The van der Waals surface area contributed by atoms with Gasteiger partial charge < -0.3 is 14.8 Å². The highest BCUT2D eigenvalue weighted by Gasteiger charge is 2.38. The van der Waals surface area contributed by atoms with Gasteiger partial charge >= 0.3 is 12.5 Å². The lowest BCUT2D eigenvalue weighted by Crippen LogP contribution is -2.46. The highest BCUT2D eigenvalue weighted by atomic mass is 35.5. The van der Waals surface area contributed by atoms with Crippen molar-refractivity contribution in [1.29, 1.82) is 0 Å². The molecule has 1 aromatic rings. The summed E-state index contributed by atoms with van der Waals surface area (Å²) in [5.74, 6) is -0.493. The lowest BCUT2D eigenvalue weighted by atomic mass is 9.99. The molecule has 1 fully saturated rings. The molecule has 0 spiro atoms. The summed E-state index contributed by atoms with van der Waals surface area (Å²) in [6, 6.07) is 2.00. The van der Waals surface area contributed by atoms with Gasteiger partial charge in [0, 0.05) is 37.8 Å². The highest BCUT2D eigenvalue weighted by molar-refractivity contribution is 5.85. The van der Waals surface area contributed by atoms with Gasteiger partial charge in [0.1, 0.15) is 11.5 Å². The fourth-order valence-corrected chi connectivity index (χ4v) is 2.82. The first kappa shape index (κ1) is 25.9. The van der Waals surface area contributed by atoms with Gasteiger partial charge in [0.05, 0.1) is 13.5 Å². The third kappa shape index (κ3) is 8.20. The molecule has 1 saturated heterocycles. The van der Waals surface area contributed by atoms with E-state index >= 15 is 0 Å². The molecule has 2 rings (SSSR count). The van der Waals surface area contributed by atoms with Gasteiger partial charge in [-0.2, -0.15) is 13.2 Å². The topological polar surface area (TPSA) is 33.7 Å². The molecule has 27 heavy (non-hydrogen) atoms. The second kappa shape index (κ2) is 10.4. The first-order valence-corrected chi connectivity index (χ1v) is 7.54. The number of nitrogens with zero attached hydrogens (tertiary/aromatic N) is 1. The summed E-state index contributed by atoms with van der Waals surface area (Å²) in [6.45, 7) is 1.67. The third-order valence-electron chi connectivity index (χ3n) is 3.81. The van der Waals surface area contributed by atoms with E-state index in [1.807, 2.05) is 0 Å². The van der Waals surface area contributed by atoms with Gasteiger partial charge in [-0.15, -0.1) is 38.0 Å². The van der Waals surface area contributed by atoms with Crippen molar-refractivity contribution >= 4 is 24.8 Å². The van der Waals surface area contributed by atoms with Crippen LogP contribution >= 0.6 is 24.8 Å². The van der Waals surface area contributed by atoms with E-state index in [9.17, 15) is 26.3 Å². The molecule has 1 aromatic carbocycles. The van der Waals surface area contributed by atoms with Crippen LogP contribution in [0.2, 0.25) is 0 Å². The summed E-state index contributed by atoms with van der Waals surface area (Å²) < 4.78 is 85.4. The number of methoxy groups -OCH3 is 1. The Bertz CT molecular complexity index is 580. The first-order chi connectivity index (χ1) is 11.6. The predicted octanol–water partition coefficient (Wildman–Crippen LogP) is 4.34. The van der Waals surface area contributed by atoms with Crippen molar-refractivity contribution < 1.29 is 35.8 Å². The molecule has 0 amide bonds. The van der Waals surface area contributed by atoms with E-state index in [0.717, 1.165) is 12.1 Å². The standard InChI is InChI=1S/C15H18F6N2O2.2ClH/c1-24-13-3-2-10(25-15(19,20)21)8-11(13)12(9-14(16,17)18)23-6-4-22-5-7-23;;/h2-3,8,12,22H,4-7,9H2,1H3;2*1H/t12-;;/m0../s1. The summed E-state index contributed by atoms with van der Waals surface area (Å²) >= 11 is 0. The molecule has 4 nitrogen and oxygen atoms in total. The molecule has 0 saturated carbocycles. The molecule has 0 aliphatic carbocycles. The number of benzene rings is 1. The van der Waals surface area contributed by atoms with Gasteiger partial charge in [-0.1, -0.05) is 0 Å². The Morgan fingerprint density at radius 3 is 2.15 bits per heavy atom. The summed E-state index contributed by atoms with van der Waals surface area (Å²) in [6.07, 6.45) is -10.6. The van der Waals surface area contributed by atoms with Gasteiger partial charge in [0.15, 0.2) is 0 Å². The number of ether oxygens (including phenoxy) is 2. The van der Waals surface area contributed by atoms with Gasteiger partial charge in [-0.05, 0) is 18.2 Å². The minimum absolute atomic E-state index is 0. The van der Waals surface area contributed by atoms with Crippen molar-refractivity contribution in [3.05, 3.63) is 23.8 Å².